The van der Waals surface area contributed by atoms with E-state index in [9.17, 15) is 0 Å². The van der Waals surface area contributed by atoms with Crippen LogP contribution < -0.4 is 5.32 Å². The summed E-state index contributed by atoms with van der Waals surface area (Å²) < 4.78 is 10.0. The molecular formula is C14H22ClN3OS. The Hall–Kier alpha value is -0.650. The molecule has 4 nitrogen and oxygen atoms in total. The van der Waals surface area contributed by atoms with E-state index in [0.29, 0.717) is 5.16 Å². The van der Waals surface area contributed by atoms with Crippen molar-refractivity contribution in [3.63, 3.8) is 0 Å². The van der Waals surface area contributed by atoms with Crippen molar-refractivity contribution >= 4 is 29.8 Å². The number of dihydropyridines is 1. The molecule has 1 N–H and O–H groups in total. The van der Waals surface area contributed by atoms with Gasteiger partial charge in [0.2, 0.25) is 0 Å². The van der Waals surface area contributed by atoms with Crippen molar-refractivity contribution in [3.05, 3.63) is 23.0 Å². The van der Waals surface area contributed by atoms with Crippen LogP contribution in [0.15, 0.2) is 27.4 Å². The van der Waals surface area contributed by atoms with Gasteiger partial charge in [-0.25, -0.2) is 4.40 Å². The summed E-state index contributed by atoms with van der Waals surface area (Å²) in [5.41, 5.74) is 1.20. The van der Waals surface area contributed by atoms with Gasteiger partial charge in [-0.2, -0.15) is 0 Å². The maximum atomic E-state index is 6.08. The van der Waals surface area contributed by atoms with Crippen LogP contribution in [0.25, 0.3) is 0 Å². The number of hydrogen-bond donors (Lipinski definition) is 1. The summed E-state index contributed by atoms with van der Waals surface area (Å²) >= 11 is 7.65. The largest absolute Gasteiger partial charge is 0.378 e. The summed E-state index contributed by atoms with van der Waals surface area (Å²) in [6.07, 6.45) is 5.91. The third-order valence-corrected chi connectivity index (χ3v) is 3.94. The second-order valence-corrected chi connectivity index (χ2v) is 7.81. The highest BCUT2D eigenvalue weighted by Gasteiger charge is 2.23. The lowest BCUT2D eigenvalue weighted by atomic mass is 10.1. The van der Waals surface area contributed by atoms with E-state index in [4.69, 9.17) is 16.3 Å². The number of morpholine rings is 1. The number of halogens is 1. The Morgan fingerprint density at radius 1 is 1.40 bits per heavy atom. The van der Waals surface area contributed by atoms with E-state index < -0.39 is 0 Å². The van der Waals surface area contributed by atoms with E-state index in [1.807, 2.05) is 12.3 Å². The lowest BCUT2D eigenvalue weighted by Crippen LogP contribution is -2.45. The van der Waals surface area contributed by atoms with Gasteiger partial charge in [-0.1, -0.05) is 11.6 Å². The molecule has 112 valence electrons. The molecule has 1 atom stereocenters. The molecule has 0 aromatic heterocycles. The Kier molecular flexibility index (Phi) is 5.41. The number of nitrogens with zero attached hydrogens (tertiary/aromatic N) is 2. The fourth-order valence-electron chi connectivity index (χ4n) is 2.02. The van der Waals surface area contributed by atoms with Gasteiger partial charge in [0.15, 0.2) is 0 Å². The molecule has 0 aliphatic carbocycles. The van der Waals surface area contributed by atoms with Crippen LogP contribution in [-0.2, 0) is 4.74 Å². The van der Waals surface area contributed by atoms with E-state index in [1.165, 1.54) is 5.70 Å². The number of ether oxygens (including phenoxy) is 1. The molecule has 0 bridgehead atoms. The summed E-state index contributed by atoms with van der Waals surface area (Å²) in [6.45, 7) is 9.81. The molecule has 0 radical (unpaired) electrons. The first kappa shape index (κ1) is 15.7. The lowest BCUT2D eigenvalue weighted by molar-refractivity contribution is 0.0516. The maximum Gasteiger partial charge on any atom is 0.103 e. The van der Waals surface area contributed by atoms with Crippen LogP contribution >= 0.6 is 23.5 Å². The van der Waals surface area contributed by atoms with E-state index >= 15 is 0 Å². The quantitative estimate of drug-likeness (QED) is 0.493. The van der Waals surface area contributed by atoms with Gasteiger partial charge in [-0.3, -0.25) is 0 Å². The topological polar surface area (TPSA) is 36.9 Å². The number of hydrogen-bond acceptors (Lipinski definition) is 5. The fourth-order valence-corrected chi connectivity index (χ4v) is 2.70. The van der Waals surface area contributed by atoms with Crippen molar-refractivity contribution in [2.75, 3.05) is 26.3 Å². The van der Waals surface area contributed by atoms with Crippen LogP contribution in [0.4, 0.5) is 0 Å². The molecule has 2 rings (SSSR count). The summed E-state index contributed by atoms with van der Waals surface area (Å²) in [6, 6.07) is 0.0282. The minimum absolute atomic E-state index is 0.0282. The maximum absolute atomic E-state index is 6.08. The molecule has 0 saturated carbocycles. The van der Waals surface area contributed by atoms with Crippen LogP contribution in [0.2, 0.25) is 0 Å². The van der Waals surface area contributed by atoms with Crippen LogP contribution in [0.5, 0.6) is 0 Å². The zero-order valence-electron chi connectivity index (χ0n) is 12.2. The highest BCUT2D eigenvalue weighted by molar-refractivity contribution is 7.99. The molecule has 2 heterocycles. The SMILES string of the molecule is CC(C)(C)SN=CC1NC(Cl)=CC=C1N1CCOCC1. The average Bonchev–Trinajstić information content (AvgIpc) is 2.38. The zero-order valence-corrected chi connectivity index (χ0v) is 13.8. The van der Waals surface area contributed by atoms with Gasteiger partial charge in [-0.05, 0) is 44.9 Å². The fraction of sp³-hybridized carbons (Fsp3) is 0.643. The summed E-state index contributed by atoms with van der Waals surface area (Å²) in [5, 5.41) is 3.92. The van der Waals surface area contributed by atoms with Gasteiger partial charge in [0.25, 0.3) is 0 Å². The molecule has 6 heteroatoms. The summed E-state index contributed by atoms with van der Waals surface area (Å²) in [7, 11) is 0. The van der Waals surface area contributed by atoms with Gasteiger partial charge in [0.05, 0.1) is 13.2 Å². The lowest BCUT2D eigenvalue weighted by Gasteiger charge is -2.35. The van der Waals surface area contributed by atoms with Crippen molar-refractivity contribution in [2.45, 2.75) is 31.6 Å². The second kappa shape index (κ2) is 6.87. The minimum atomic E-state index is 0.0282. The molecule has 2 aliphatic rings. The Balaban J connectivity index is 2.05. The monoisotopic (exact) mass is 315 g/mol. The predicted molar refractivity (Wildman–Crippen MR) is 87.2 cm³/mol. The van der Waals surface area contributed by atoms with E-state index in [0.717, 1.165) is 26.3 Å². The first-order valence-corrected chi connectivity index (χ1v) is 7.99. The van der Waals surface area contributed by atoms with Gasteiger partial charge < -0.3 is 15.0 Å². The Morgan fingerprint density at radius 3 is 2.75 bits per heavy atom. The van der Waals surface area contributed by atoms with Crippen molar-refractivity contribution < 1.29 is 4.74 Å². The average molecular weight is 316 g/mol. The zero-order chi connectivity index (χ0) is 14.6. The standard InChI is InChI=1S/C14H22ClN3OS/c1-14(2,3)20-16-10-11-12(4-5-13(15)17-11)18-6-8-19-9-7-18/h4-5,10-11,17H,6-9H2,1-3H3. The first-order chi connectivity index (χ1) is 9.46. The Labute approximate surface area is 130 Å². The molecule has 0 aromatic carbocycles. The van der Waals surface area contributed by atoms with Crippen LogP contribution in [-0.4, -0.2) is 48.2 Å². The predicted octanol–water partition coefficient (Wildman–Crippen LogP) is 2.77. The number of rotatable bonds is 3. The molecule has 1 unspecified atom stereocenters. The molecular weight excluding hydrogens is 294 g/mol. The molecule has 0 aromatic rings. The molecule has 1 fully saturated rings. The van der Waals surface area contributed by atoms with Gasteiger partial charge in [-0.15, -0.1) is 0 Å². The number of allylic oxidation sites excluding steroid dienone is 2. The summed E-state index contributed by atoms with van der Waals surface area (Å²) in [4.78, 5) is 2.33. The van der Waals surface area contributed by atoms with Crippen LogP contribution in [0.1, 0.15) is 20.8 Å². The molecule has 1 saturated heterocycles. The Morgan fingerprint density at radius 2 is 2.10 bits per heavy atom. The normalized spacial score (nSPS) is 24.4. The van der Waals surface area contributed by atoms with Crippen molar-refractivity contribution in [3.8, 4) is 0 Å². The number of nitrogens with one attached hydrogen (secondary N) is 1. The van der Waals surface area contributed by atoms with Crippen molar-refractivity contribution in [1.82, 2.24) is 10.2 Å². The van der Waals surface area contributed by atoms with Crippen LogP contribution in [0, 0.1) is 0 Å². The molecule has 0 spiro atoms. The van der Waals surface area contributed by atoms with Crippen LogP contribution in [0.3, 0.4) is 0 Å². The minimum Gasteiger partial charge on any atom is -0.378 e. The third kappa shape index (κ3) is 4.72. The first-order valence-electron chi connectivity index (χ1n) is 6.84. The van der Waals surface area contributed by atoms with Gasteiger partial charge >= 0.3 is 0 Å². The third-order valence-electron chi connectivity index (χ3n) is 2.93. The highest BCUT2D eigenvalue weighted by atomic mass is 35.5. The Bertz CT molecular complexity index is 423. The van der Waals surface area contributed by atoms with E-state index in [2.05, 4.69) is 41.5 Å². The van der Waals surface area contributed by atoms with E-state index in [1.54, 1.807) is 11.9 Å². The molecule has 20 heavy (non-hydrogen) atoms. The molecule has 0 amide bonds. The van der Waals surface area contributed by atoms with Crippen molar-refractivity contribution in [1.29, 1.82) is 0 Å². The molecule has 2 aliphatic heterocycles. The smallest absolute Gasteiger partial charge is 0.103 e. The van der Waals surface area contributed by atoms with Gasteiger partial charge in [0.1, 0.15) is 11.2 Å². The van der Waals surface area contributed by atoms with Crippen molar-refractivity contribution in [2.24, 2.45) is 4.40 Å². The van der Waals surface area contributed by atoms with E-state index in [-0.39, 0.29) is 10.8 Å². The summed E-state index contributed by atoms with van der Waals surface area (Å²) in [5.74, 6) is 0. The van der Waals surface area contributed by atoms with Gasteiger partial charge in [0, 0.05) is 29.7 Å². The second-order valence-electron chi connectivity index (χ2n) is 5.79. The highest BCUT2D eigenvalue weighted by Crippen LogP contribution is 2.25.